The second-order valence-electron chi connectivity index (χ2n) is 4.91. The van der Waals surface area contributed by atoms with E-state index in [4.69, 9.17) is 4.74 Å². The van der Waals surface area contributed by atoms with Crippen molar-refractivity contribution in [3.63, 3.8) is 0 Å². The molecule has 0 radical (unpaired) electrons. The molecular formula is C17H19N3O3. The summed E-state index contributed by atoms with van der Waals surface area (Å²) in [5.41, 5.74) is 1.52. The zero-order valence-corrected chi connectivity index (χ0v) is 13.2. The second kappa shape index (κ2) is 7.93. The Hall–Kier alpha value is -2.89. The Bertz CT molecular complexity index is 674. The number of ether oxygens (including phenoxy) is 1. The number of carbonyl (C=O) groups excluding carboxylic acids is 2. The van der Waals surface area contributed by atoms with Gasteiger partial charge in [0.05, 0.1) is 12.8 Å². The van der Waals surface area contributed by atoms with Gasteiger partial charge in [-0.1, -0.05) is 12.1 Å². The lowest BCUT2D eigenvalue weighted by molar-refractivity contribution is -0.123. The van der Waals surface area contributed by atoms with E-state index in [9.17, 15) is 9.59 Å². The van der Waals surface area contributed by atoms with E-state index in [0.29, 0.717) is 18.0 Å². The van der Waals surface area contributed by atoms with Crippen molar-refractivity contribution >= 4 is 17.5 Å². The fourth-order valence-corrected chi connectivity index (χ4v) is 2.12. The van der Waals surface area contributed by atoms with Gasteiger partial charge in [0.25, 0.3) is 0 Å². The maximum absolute atomic E-state index is 12.1. The van der Waals surface area contributed by atoms with Gasteiger partial charge in [0.1, 0.15) is 12.3 Å². The molecule has 0 aliphatic heterocycles. The third-order valence-corrected chi connectivity index (χ3v) is 3.30. The number of nitrogens with one attached hydrogen (secondary N) is 1. The lowest BCUT2D eigenvalue weighted by Gasteiger charge is -2.22. The molecule has 120 valence electrons. The molecule has 1 aromatic carbocycles. The van der Waals surface area contributed by atoms with Gasteiger partial charge in [-0.05, 0) is 29.8 Å². The summed E-state index contributed by atoms with van der Waals surface area (Å²) in [6, 6.07) is 10.7. The van der Waals surface area contributed by atoms with E-state index in [1.165, 1.54) is 18.9 Å². The highest BCUT2D eigenvalue weighted by Gasteiger charge is 2.18. The van der Waals surface area contributed by atoms with Crippen LogP contribution in [0.1, 0.15) is 12.5 Å². The third-order valence-electron chi connectivity index (χ3n) is 3.30. The minimum atomic E-state index is -0.247. The highest BCUT2D eigenvalue weighted by molar-refractivity contribution is 5.98. The summed E-state index contributed by atoms with van der Waals surface area (Å²) in [5, 5.41) is 2.79. The molecule has 0 bridgehead atoms. The number of hydrogen-bond donors (Lipinski definition) is 1. The van der Waals surface area contributed by atoms with Gasteiger partial charge in [-0.2, -0.15) is 0 Å². The molecule has 0 saturated heterocycles. The van der Waals surface area contributed by atoms with Gasteiger partial charge in [-0.25, -0.2) is 0 Å². The summed E-state index contributed by atoms with van der Waals surface area (Å²) in [6.07, 6.45) is 3.33. The van der Waals surface area contributed by atoms with Crippen molar-refractivity contribution in [2.75, 3.05) is 18.6 Å². The highest BCUT2D eigenvalue weighted by atomic mass is 16.5. The molecule has 2 amide bonds. The molecule has 2 rings (SSSR count). The Morgan fingerprint density at radius 2 is 1.87 bits per heavy atom. The molecule has 0 saturated carbocycles. The van der Waals surface area contributed by atoms with Gasteiger partial charge in [0.15, 0.2) is 0 Å². The number of anilines is 1. The largest absolute Gasteiger partial charge is 0.495 e. The quantitative estimate of drug-likeness (QED) is 0.882. The third kappa shape index (κ3) is 4.54. The predicted molar refractivity (Wildman–Crippen MR) is 87.1 cm³/mol. The van der Waals surface area contributed by atoms with Gasteiger partial charge in [-0.3, -0.25) is 19.5 Å². The Morgan fingerprint density at radius 1 is 1.17 bits per heavy atom. The summed E-state index contributed by atoms with van der Waals surface area (Å²) in [5.74, 6) is 0.0705. The normalized spacial score (nSPS) is 10.0. The molecule has 6 heteroatoms. The van der Waals surface area contributed by atoms with Crippen LogP contribution in [0, 0.1) is 0 Å². The molecule has 0 spiro atoms. The number of para-hydroxylation sites is 2. The number of nitrogens with zero attached hydrogens (tertiary/aromatic N) is 2. The SMILES string of the molecule is COc1ccccc1N(CC(=O)NCc1ccncc1)C(C)=O. The zero-order valence-electron chi connectivity index (χ0n) is 13.2. The van der Waals surface area contributed by atoms with Crippen LogP contribution in [0.3, 0.4) is 0 Å². The first-order valence-electron chi connectivity index (χ1n) is 7.18. The van der Waals surface area contributed by atoms with Gasteiger partial charge >= 0.3 is 0 Å². The zero-order chi connectivity index (χ0) is 16.7. The van der Waals surface area contributed by atoms with Crippen LogP contribution >= 0.6 is 0 Å². The van der Waals surface area contributed by atoms with Crippen molar-refractivity contribution in [3.8, 4) is 5.75 Å². The number of rotatable bonds is 6. The first kappa shape index (κ1) is 16.5. The first-order valence-corrected chi connectivity index (χ1v) is 7.18. The van der Waals surface area contributed by atoms with E-state index in [-0.39, 0.29) is 18.4 Å². The molecule has 0 fully saturated rings. The molecule has 0 aliphatic carbocycles. The Morgan fingerprint density at radius 3 is 2.52 bits per heavy atom. The monoisotopic (exact) mass is 313 g/mol. The molecule has 6 nitrogen and oxygen atoms in total. The topological polar surface area (TPSA) is 71.5 Å². The van der Waals surface area contributed by atoms with Crippen LogP contribution in [0.2, 0.25) is 0 Å². The lowest BCUT2D eigenvalue weighted by Crippen LogP contribution is -2.39. The summed E-state index contributed by atoms with van der Waals surface area (Å²) in [4.78, 5) is 29.4. The molecule has 1 aromatic heterocycles. The number of benzene rings is 1. The molecule has 0 unspecified atom stereocenters. The van der Waals surface area contributed by atoms with Gasteiger partial charge < -0.3 is 10.1 Å². The van der Waals surface area contributed by atoms with E-state index in [2.05, 4.69) is 10.3 Å². The molecule has 1 heterocycles. The van der Waals surface area contributed by atoms with E-state index in [1.807, 2.05) is 18.2 Å². The average Bonchev–Trinajstić information content (AvgIpc) is 2.58. The standard InChI is InChI=1S/C17H19N3O3/c1-13(21)20(15-5-3-4-6-16(15)23-2)12-17(22)19-11-14-7-9-18-10-8-14/h3-10H,11-12H2,1-2H3,(H,19,22). The number of methoxy groups -OCH3 is 1. The van der Waals surface area contributed by atoms with Crippen LogP contribution in [-0.2, 0) is 16.1 Å². The van der Waals surface area contributed by atoms with Crippen molar-refractivity contribution < 1.29 is 14.3 Å². The van der Waals surface area contributed by atoms with Crippen molar-refractivity contribution in [1.82, 2.24) is 10.3 Å². The maximum atomic E-state index is 12.1. The van der Waals surface area contributed by atoms with Crippen LogP contribution in [0.25, 0.3) is 0 Å². The summed E-state index contributed by atoms with van der Waals surface area (Å²) < 4.78 is 5.25. The smallest absolute Gasteiger partial charge is 0.240 e. The number of carbonyl (C=O) groups is 2. The highest BCUT2D eigenvalue weighted by Crippen LogP contribution is 2.27. The van der Waals surface area contributed by atoms with Gasteiger partial charge in [0, 0.05) is 25.9 Å². The summed E-state index contributed by atoms with van der Waals surface area (Å²) in [7, 11) is 1.53. The van der Waals surface area contributed by atoms with Crippen LogP contribution in [0.4, 0.5) is 5.69 Å². The molecule has 2 aromatic rings. The van der Waals surface area contributed by atoms with Crippen molar-refractivity contribution in [3.05, 3.63) is 54.4 Å². The van der Waals surface area contributed by atoms with E-state index in [0.717, 1.165) is 5.56 Å². The fraction of sp³-hybridized carbons (Fsp3) is 0.235. The van der Waals surface area contributed by atoms with Crippen molar-refractivity contribution in [1.29, 1.82) is 0 Å². The first-order chi connectivity index (χ1) is 11.1. The minimum absolute atomic E-state index is 0.0687. The van der Waals surface area contributed by atoms with E-state index < -0.39 is 0 Å². The number of aromatic nitrogens is 1. The molecule has 0 aliphatic rings. The molecule has 1 N–H and O–H groups in total. The van der Waals surface area contributed by atoms with Crippen LogP contribution in [-0.4, -0.2) is 30.5 Å². The van der Waals surface area contributed by atoms with E-state index in [1.54, 1.807) is 30.6 Å². The van der Waals surface area contributed by atoms with Crippen molar-refractivity contribution in [2.45, 2.75) is 13.5 Å². The Balaban J connectivity index is 2.04. The van der Waals surface area contributed by atoms with Gasteiger partial charge in [0.2, 0.25) is 11.8 Å². The molecule has 0 atom stereocenters. The van der Waals surface area contributed by atoms with Gasteiger partial charge in [-0.15, -0.1) is 0 Å². The molecule has 23 heavy (non-hydrogen) atoms. The van der Waals surface area contributed by atoms with Crippen LogP contribution in [0.15, 0.2) is 48.8 Å². The van der Waals surface area contributed by atoms with Crippen molar-refractivity contribution in [2.24, 2.45) is 0 Å². The maximum Gasteiger partial charge on any atom is 0.240 e. The number of hydrogen-bond acceptors (Lipinski definition) is 4. The average molecular weight is 313 g/mol. The predicted octanol–water partition coefficient (Wildman–Crippen LogP) is 1.76. The molecular weight excluding hydrogens is 294 g/mol. The second-order valence-corrected chi connectivity index (χ2v) is 4.91. The van der Waals surface area contributed by atoms with Crippen LogP contribution in [0.5, 0.6) is 5.75 Å². The fourth-order valence-electron chi connectivity index (χ4n) is 2.12. The Kier molecular flexibility index (Phi) is 5.68. The number of pyridine rings is 1. The van der Waals surface area contributed by atoms with E-state index >= 15 is 0 Å². The van der Waals surface area contributed by atoms with Crippen LogP contribution < -0.4 is 15.0 Å². The Labute approximate surface area is 135 Å². The number of amides is 2. The lowest BCUT2D eigenvalue weighted by atomic mass is 10.2. The summed E-state index contributed by atoms with van der Waals surface area (Å²) in [6.45, 7) is 1.74. The minimum Gasteiger partial charge on any atom is -0.495 e. The summed E-state index contributed by atoms with van der Waals surface area (Å²) >= 11 is 0.